The van der Waals surface area contributed by atoms with Gasteiger partial charge in [0.25, 0.3) is 0 Å². The normalized spacial score (nSPS) is 13.4. The average molecular weight is 328 g/mol. The minimum absolute atomic E-state index is 0.276. The second-order valence-electron chi connectivity index (χ2n) is 5.61. The van der Waals surface area contributed by atoms with Gasteiger partial charge in [-0.1, -0.05) is 43.6 Å². The molecule has 0 aliphatic carbocycles. The summed E-state index contributed by atoms with van der Waals surface area (Å²) in [4.78, 5) is 0. The van der Waals surface area contributed by atoms with E-state index in [2.05, 4.69) is 61.1 Å². The summed E-state index contributed by atoms with van der Waals surface area (Å²) >= 11 is 3.64. The molecular weight excluding hydrogens is 302 g/mol. The molecule has 1 aromatic rings. The van der Waals surface area contributed by atoms with Crippen molar-refractivity contribution in [1.29, 1.82) is 0 Å². The van der Waals surface area contributed by atoms with Gasteiger partial charge in [-0.25, -0.2) is 0 Å². The SMILES string of the molecule is CCNC(Cc1cc(OC)ccc1Br)C(C)(C)CC. The van der Waals surface area contributed by atoms with Gasteiger partial charge in [0.05, 0.1) is 7.11 Å². The van der Waals surface area contributed by atoms with Gasteiger partial charge in [0.15, 0.2) is 0 Å². The van der Waals surface area contributed by atoms with E-state index in [4.69, 9.17) is 4.74 Å². The van der Waals surface area contributed by atoms with Gasteiger partial charge in [-0.3, -0.25) is 0 Å². The molecule has 0 fully saturated rings. The summed E-state index contributed by atoms with van der Waals surface area (Å²) in [5, 5.41) is 3.63. The minimum Gasteiger partial charge on any atom is -0.497 e. The molecule has 1 N–H and O–H groups in total. The maximum atomic E-state index is 5.32. The molecule has 3 heteroatoms. The zero-order chi connectivity index (χ0) is 14.5. The largest absolute Gasteiger partial charge is 0.497 e. The average Bonchev–Trinajstić information content (AvgIpc) is 2.40. The summed E-state index contributed by atoms with van der Waals surface area (Å²) in [6.45, 7) is 10.1. The summed E-state index contributed by atoms with van der Waals surface area (Å²) in [5.74, 6) is 0.919. The van der Waals surface area contributed by atoms with Gasteiger partial charge < -0.3 is 10.1 Å². The third kappa shape index (κ3) is 4.50. The van der Waals surface area contributed by atoms with Crippen LogP contribution < -0.4 is 10.1 Å². The molecule has 0 amide bonds. The van der Waals surface area contributed by atoms with E-state index in [1.165, 1.54) is 5.56 Å². The van der Waals surface area contributed by atoms with Crippen molar-refractivity contribution in [3.63, 3.8) is 0 Å². The fourth-order valence-electron chi connectivity index (χ4n) is 2.17. The number of nitrogens with one attached hydrogen (secondary N) is 1. The molecule has 0 aromatic heterocycles. The molecule has 1 aromatic carbocycles. The molecule has 2 nitrogen and oxygen atoms in total. The number of hydrogen-bond acceptors (Lipinski definition) is 2. The van der Waals surface area contributed by atoms with E-state index in [1.807, 2.05) is 6.07 Å². The van der Waals surface area contributed by atoms with Crippen molar-refractivity contribution >= 4 is 15.9 Å². The van der Waals surface area contributed by atoms with Crippen molar-refractivity contribution in [2.75, 3.05) is 13.7 Å². The Morgan fingerprint density at radius 2 is 2.00 bits per heavy atom. The van der Waals surface area contributed by atoms with Crippen LogP contribution in [0.2, 0.25) is 0 Å². The van der Waals surface area contributed by atoms with Crippen molar-refractivity contribution in [2.45, 2.75) is 46.6 Å². The molecule has 1 unspecified atom stereocenters. The maximum Gasteiger partial charge on any atom is 0.119 e. The number of methoxy groups -OCH3 is 1. The summed E-state index contributed by atoms with van der Waals surface area (Å²) < 4.78 is 6.48. The highest BCUT2D eigenvalue weighted by molar-refractivity contribution is 9.10. The lowest BCUT2D eigenvalue weighted by atomic mass is 9.79. The topological polar surface area (TPSA) is 21.3 Å². The van der Waals surface area contributed by atoms with Gasteiger partial charge in [0, 0.05) is 10.5 Å². The van der Waals surface area contributed by atoms with Crippen molar-refractivity contribution in [2.24, 2.45) is 5.41 Å². The van der Waals surface area contributed by atoms with Gasteiger partial charge in [-0.05, 0) is 48.6 Å². The van der Waals surface area contributed by atoms with Gasteiger partial charge in [0.1, 0.15) is 5.75 Å². The zero-order valence-corrected chi connectivity index (χ0v) is 14.3. The number of hydrogen-bond donors (Lipinski definition) is 1. The number of halogens is 1. The van der Waals surface area contributed by atoms with Crippen LogP contribution >= 0.6 is 15.9 Å². The predicted octanol–water partition coefficient (Wildman–Crippen LogP) is 4.41. The van der Waals surface area contributed by atoms with Crippen molar-refractivity contribution in [3.05, 3.63) is 28.2 Å². The molecule has 19 heavy (non-hydrogen) atoms. The van der Waals surface area contributed by atoms with Crippen LogP contribution in [0.25, 0.3) is 0 Å². The van der Waals surface area contributed by atoms with Crippen LogP contribution in [0, 0.1) is 5.41 Å². The first-order valence-corrected chi connectivity index (χ1v) is 7.79. The van der Waals surface area contributed by atoms with Crippen molar-refractivity contribution in [3.8, 4) is 5.75 Å². The Kier molecular flexibility index (Phi) is 6.34. The van der Waals surface area contributed by atoms with E-state index in [0.29, 0.717) is 6.04 Å². The molecule has 0 bridgehead atoms. The third-order valence-corrected chi connectivity index (χ3v) is 4.76. The van der Waals surface area contributed by atoms with E-state index >= 15 is 0 Å². The maximum absolute atomic E-state index is 5.32. The van der Waals surface area contributed by atoms with Gasteiger partial charge in [-0.2, -0.15) is 0 Å². The van der Waals surface area contributed by atoms with Crippen molar-refractivity contribution in [1.82, 2.24) is 5.32 Å². The third-order valence-electron chi connectivity index (χ3n) is 3.98. The fourth-order valence-corrected chi connectivity index (χ4v) is 2.58. The lowest BCUT2D eigenvalue weighted by Gasteiger charge is -2.34. The van der Waals surface area contributed by atoms with Crippen LogP contribution in [0.15, 0.2) is 22.7 Å². The summed E-state index contributed by atoms with van der Waals surface area (Å²) in [7, 11) is 1.71. The molecule has 1 rings (SSSR count). The Balaban J connectivity index is 2.96. The molecular formula is C16H26BrNO. The number of ether oxygens (including phenoxy) is 1. The van der Waals surface area contributed by atoms with Crippen LogP contribution in [0.5, 0.6) is 5.75 Å². The Morgan fingerprint density at radius 1 is 1.32 bits per heavy atom. The predicted molar refractivity (Wildman–Crippen MR) is 85.9 cm³/mol. The van der Waals surface area contributed by atoms with Gasteiger partial charge >= 0.3 is 0 Å². The van der Waals surface area contributed by atoms with E-state index in [-0.39, 0.29) is 5.41 Å². The Bertz CT molecular complexity index is 404. The highest BCUT2D eigenvalue weighted by atomic mass is 79.9. The summed E-state index contributed by atoms with van der Waals surface area (Å²) in [6.07, 6.45) is 2.17. The number of benzene rings is 1. The molecule has 0 radical (unpaired) electrons. The molecule has 1 atom stereocenters. The van der Waals surface area contributed by atoms with Crippen molar-refractivity contribution < 1.29 is 4.74 Å². The van der Waals surface area contributed by atoms with E-state index in [0.717, 1.165) is 29.6 Å². The Labute approximate surface area is 126 Å². The zero-order valence-electron chi connectivity index (χ0n) is 12.7. The first-order chi connectivity index (χ1) is 8.94. The van der Waals surface area contributed by atoms with Crippen LogP contribution in [0.4, 0.5) is 0 Å². The van der Waals surface area contributed by atoms with Gasteiger partial charge in [0.2, 0.25) is 0 Å². The van der Waals surface area contributed by atoms with Crippen LogP contribution in [-0.2, 0) is 6.42 Å². The first kappa shape index (κ1) is 16.5. The molecule has 0 aliphatic rings. The number of rotatable bonds is 7. The standard InChI is InChI=1S/C16H26BrNO/c1-6-16(3,4)15(18-7-2)11-12-10-13(19-5)8-9-14(12)17/h8-10,15,18H,6-7,11H2,1-5H3. The van der Waals surface area contributed by atoms with Gasteiger partial charge in [-0.15, -0.1) is 0 Å². The quantitative estimate of drug-likeness (QED) is 0.800. The first-order valence-electron chi connectivity index (χ1n) is 7.00. The second kappa shape index (κ2) is 7.30. The highest BCUT2D eigenvalue weighted by Gasteiger charge is 2.27. The molecule has 0 saturated heterocycles. The molecule has 0 heterocycles. The molecule has 0 aliphatic heterocycles. The highest BCUT2D eigenvalue weighted by Crippen LogP contribution is 2.30. The summed E-state index contributed by atoms with van der Waals surface area (Å²) in [5.41, 5.74) is 1.57. The molecule has 0 spiro atoms. The summed E-state index contributed by atoms with van der Waals surface area (Å²) in [6, 6.07) is 6.64. The Morgan fingerprint density at radius 3 is 2.53 bits per heavy atom. The van der Waals surface area contributed by atoms with Crippen LogP contribution in [0.3, 0.4) is 0 Å². The minimum atomic E-state index is 0.276. The Hall–Kier alpha value is -0.540. The molecule has 108 valence electrons. The molecule has 0 saturated carbocycles. The van der Waals surface area contributed by atoms with E-state index < -0.39 is 0 Å². The van der Waals surface area contributed by atoms with E-state index in [1.54, 1.807) is 7.11 Å². The number of likely N-dealkylation sites (N-methyl/N-ethyl adjacent to an activating group) is 1. The lowest BCUT2D eigenvalue weighted by Crippen LogP contribution is -2.43. The second-order valence-corrected chi connectivity index (χ2v) is 6.47. The van der Waals surface area contributed by atoms with Crippen LogP contribution in [-0.4, -0.2) is 19.7 Å². The van der Waals surface area contributed by atoms with E-state index in [9.17, 15) is 0 Å². The lowest BCUT2D eigenvalue weighted by molar-refractivity contribution is 0.232. The fraction of sp³-hybridized carbons (Fsp3) is 0.625. The monoisotopic (exact) mass is 327 g/mol. The van der Waals surface area contributed by atoms with Crippen LogP contribution in [0.1, 0.15) is 39.7 Å². The smallest absolute Gasteiger partial charge is 0.119 e.